The van der Waals surface area contributed by atoms with E-state index < -0.39 is 18.1 Å². The van der Waals surface area contributed by atoms with Crippen molar-refractivity contribution in [1.29, 1.82) is 0 Å². The molecule has 6 heteroatoms. The van der Waals surface area contributed by atoms with Crippen LogP contribution in [0.25, 0.3) is 0 Å². The molecule has 0 saturated heterocycles. The lowest BCUT2D eigenvalue weighted by molar-refractivity contribution is -0.141. The van der Waals surface area contributed by atoms with Crippen LogP contribution < -0.4 is 10.1 Å². The van der Waals surface area contributed by atoms with Gasteiger partial charge in [-0.25, -0.2) is 4.79 Å². The standard InChI is InChI=1S/C20H23NO5/c1-24-18-10-8-15(9-11-18)12-17(13-19(22)25-2)21-20(23)26-14-16-6-4-3-5-7-16/h3-11,17H,12-14H2,1-2H3,(H,21,23)/t17-/m0/s1. The zero-order valence-corrected chi connectivity index (χ0v) is 14.9. The van der Waals surface area contributed by atoms with E-state index in [2.05, 4.69) is 5.32 Å². The largest absolute Gasteiger partial charge is 0.497 e. The van der Waals surface area contributed by atoms with Crippen LogP contribution in [0.3, 0.4) is 0 Å². The molecule has 0 heterocycles. The smallest absolute Gasteiger partial charge is 0.407 e. The van der Waals surface area contributed by atoms with Crippen LogP contribution in [0, 0.1) is 0 Å². The Kier molecular flexibility index (Phi) is 7.49. The summed E-state index contributed by atoms with van der Waals surface area (Å²) in [5.41, 5.74) is 1.85. The molecule has 0 aliphatic heterocycles. The quantitative estimate of drug-likeness (QED) is 0.735. The van der Waals surface area contributed by atoms with E-state index >= 15 is 0 Å². The summed E-state index contributed by atoms with van der Waals surface area (Å²) in [6, 6.07) is 16.4. The number of methoxy groups -OCH3 is 2. The molecule has 0 unspecified atom stereocenters. The Labute approximate surface area is 153 Å². The van der Waals surface area contributed by atoms with Gasteiger partial charge in [-0.05, 0) is 29.7 Å². The number of carbonyl (C=O) groups excluding carboxylic acids is 2. The van der Waals surface area contributed by atoms with E-state index in [0.29, 0.717) is 6.42 Å². The van der Waals surface area contributed by atoms with Crippen LogP contribution >= 0.6 is 0 Å². The zero-order valence-electron chi connectivity index (χ0n) is 14.9. The predicted molar refractivity (Wildman–Crippen MR) is 96.9 cm³/mol. The molecule has 1 N–H and O–H groups in total. The molecule has 6 nitrogen and oxygen atoms in total. The number of alkyl carbamates (subject to hydrolysis) is 1. The van der Waals surface area contributed by atoms with Crippen molar-refractivity contribution in [2.45, 2.75) is 25.5 Å². The van der Waals surface area contributed by atoms with E-state index in [4.69, 9.17) is 14.2 Å². The fourth-order valence-electron chi connectivity index (χ4n) is 2.44. The molecule has 138 valence electrons. The van der Waals surface area contributed by atoms with Gasteiger partial charge in [0, 0.05) is 6.04 Å². The van der Waals surface area contributed by atoms with Crippen LogP contribution in [-0.2, 0) is 27.3 Å². The second-order valence-electron chi connectivity index (χ2n) is 5.74. The molecule has 1 amide bonds. The SMILES string of the molecule is COC(=O)C[C@H](Cc1ccc(OC)cc1)NC(=O)OCc1ccccc1. The number of hydrogen-bond donors (Lipinski definition) is 1. The third kappa shape index (κ3) is 6.47. The third-order valence-electron chi connectivity index (χ3n) is 3.82. The van der Waals surface area contributed by atoms with Gasteiger partial charge in [0.15, 0.2) is 0 Å². The molecule has 0 aromatic heterocycles. The van der Waals surface area contributed by atoms with Crippen LogP contribution in [0.4, 0.5) is 4.79 Å². The fourth-order valence-corrected chi connectivity index (χ4v) is 2.44. The third-order valence-corrected chi connectivity index (χ3v) is 3.82. The van der Waals surface area contributed by atoms with E-state index in [1.54, 1.807) is 7.11 Å². The van der Waals surface area contributed by atoms with Gasteiger partial charge in [-0.15, -0.1) is 0 Å². The van der Waals surface area contributed by atoms with Crippen LogP contribution in [0.1, 0.15) is 17.5 Å². The normalized spacial score (nSPS) is 11.3. The summed E-state index contributed by atoms with van der Waals surface area (Å²) in [5, 5.41) is 2.74. The Morgan fingerprint density at radius 3 is 2.27 bits per heavy atom. The Hall–Kier alpha value is -3.02. The van der Waals surface area contributed by atoms with Gasteiger partial charge < -0.3 is 19.5 Å². The van der Waals surface area contributed by atoms with Gasteiger partial charge >= 0.3 is 12.1 Å². The summed E-state index contributed by atoms with van der Waals surface area (Å²) in [6.45, 7) is 0.167. The molecule has 0 radical (unpaired) electrons. The lowest BCUT2D eigenvalue weighted by atomic mass is 10.0. The van der Waals surface area contributed by atoms with Crippen LogP contribution in [0.15, 0.2) is 54.6 Å². The van der Waals surface area contributed by atoms with Crippen molar-refractivity contribution in [3.8, 4) is 5.75 Å². The van der Waals surface area contributed by atoms with E-state index in [1.807, 2.05) is 54.6 Å². The maximum Gasteiger partial charge on any atom is 0.407 e. The number of rotatable bonds is 8. The number of benzene rings is 2. The highest BCUT2D eigenvalue weighted by Gasteiger charge is 2.18. The maximum absolute atomic E-state index is 12.1. The van der Waals surface area contributed by atoms with Gasteiger partial charge in [-0.3, -0.25) is 4.79 Å². The minimum absolute atomic E-state index is 0.0585. The molecule has 26 heavy (non-hydrogen) atoms. The first-order valence-corrected chi connectivity index (χ1v) is 8.27. The van der Waals surface area contributed by atoms with Crippen molar-refractivity contribution in [3.05, 3.63) is 65.7 Å². The first kappa shape index (κ1) is 19.3. The Morgan fingerprint density at radius 2 is 1.65 bits per heavy atom. The zero-order chi connectivity index (χ0) is 18.8. The van der Waals surface area contributed by atoms with Gasteiger partial charge in [-0.1, -0.05) is 42.5 Å². The topological polar surface area (TPSA) is 73.9 Å². The maximum atomic E-state index is 12.1. The minimum atomic E-state index is -0.573. The first-order chi connectivity index (χ1) is 12.6. The van der Waals surface area contributed by atoms with E-state index in [0.717, 1.165) is 16.9 Å². The number of nitrogens with one attached hydrogen (secondary N) is 1. The number of esters is 1. The molecule has 2 aromatic rings. The molecule has 2 aromatic carbocycles. The highest BCUT2D eigenvalue weighted by atomic mass is 16.5. The molecule has 0 aliphatic carbocycles. The average molecular weight is 357 g/mol. The summed E-state index contributed by atoms with van der Waals surface area (Å²) >= 11 is 0. The Balaban J connectivity index is 1.94. The van der Waals surface area contributed by atoms with Gasteiger partial charge in [0.2, 0.25) is 0 Å². The van der Waals surface area contributed by atoms with Crippen LogP contribution in [0.5, 0.6) is 5.75 Å². The molecular weight excluding hydrogens is 334 g/mol. The molecular formula is C20H23NO5. The highest BCUT2D eigenvalue weighted by Crippen LogP contribution is 2.14. The van der Waals surface area contributed by atoms with Crippen molar-refractivity contribution < 1.29 is 23.8 Å². The predicted octanol–water partition coefficient (Wildman–Crippen LogP) is 3.10. The second-order valence-corrected chi connectivity index (χ2v) is 5.74. The highest BCUT2D eigenvalue weighted by molar-refractivity contribution is 5.72. The monoisotopic (exact) mass is 357 g/mol. The molecule has 2 rings (SSSR count). The first-order valence-electron chi connectivity index (χ1n) is 8.27. The van der Waals surface area contributed by atoms with Gasteiger partial charge in [0.25, 0.3) is 0 Å². The average Bonchev–Trinajstić information content (AvgIpc) is 2.67. The van der Waals surface area contributed by atoms with Crippen molar-refractivity contribution in [2.24, 2.45) is 0 Å². The van der Waals surface area contributed by atoms with E-state index in [9.17, 15) is 9.59 Å². The van der Waals surface area contributed by atoms with Crippen molar-refractivity contribution >= 4 is 12.1 Å². The van der Waals surface area contributed by atoms with Crippen LogP contribution in [0.2, 0.25) is 0 Å². The minimum Gasteiger partial charge on any atom is -0.497 e. The van der Waals surface area contributed by atoms with Crippen LogP contribution in [-0.4, -0.2) is 32.3 Å². The lowest BCUT2D eigenvalue weighted by Crippen LogP contribution is -2.38. The van der Waals surface area contributed by atoms with Gasteiger partial charge in [0.1, 0.15) is 12.4 Å². The summed E-state index contributed by atoms with van der Waals surface area (Å²) in [4.78, 5) is 23.7. The summed E-state index contributed by atoms with van der Waals surface area (Å²) in [5.74, 6) is 0.348. The molecule has 0 fully saturated rings. The lowest BCUT2D eigenvalue weighted by Gasteiger charge is -2.18. The van der Waals surface area contributed by atoms with E-state index in [1.165, 1.54) is 7.11 Å². The molecule has 1 atom stereocenters. The van der Waals surface area contributed by atoms with Crippen molar-refractivity contribution in [1.82, 2.24) is 5.32 Å². The molecule has 0 spiro atoms. The molecule has 0 aliphatic rings. The summed E-state index contributed by atoms with van der Waals surface area (Å²) < 4.78 is 15.1. The van der Waals surface area contributed by atoms with Crippen molar-refractivity contribution in [2.75, 3.05) is 14.2 Å². The number of carbonyl (C=O) groups is 2. The Bertz CT molecular complexity index is 700. The second kappa shape index (κ2) is 10.1. The molecule has 0 bridgehead atoms. The van der Waals surface area contributed by atoms with Gasteiger partial charge in [0.05, 0.1) is 20.6 Å². The number of ether oxygens (including phenoxy) is 3. The fraction of sp³-hybridized carbons (Fsp3) is 0.300. The van der Waals surface area contributed by atoms with Gasteiger partial charge in [-0.2, -0.15) is 0 Å². The van der Waals surface area contributed by atoms with E-state index in [-0.39, 0.29) is 13.0 Å². The summed E-state index contributed by atoms with van der Waals surface area (Å²) in [7, 11) is 2.92. The molecule has 0 saturated carbocycles. The Morgan fingerprint density at radius 1 is 0.962 bits per heavy atom. The summed E-state index contributed by atoms with van der Waals surface area (Å²) in [6.07, 6.45) is -0.0426. The number of amides is 1. The number of hydrogen-bond acceptors (Lipinski definition) is 5. The van der Waals surface area contributed by atoms with Crippen molar-refractivity contribution in [3.63, 3.8) is 0 Å².